The maximum atomic E-state index is 13.2. The van der Waals surface area contributed by atoms with Crippen molar-refractivity contribution in [3.63, 3.8) is 0 Å². The predicted octanol–water partition coefficient (Wildman–Crippen LogP) is 3.03. The number of nitrogens with zero attached hydrogens (tertiary/aromatic N) is 2. The van der Waals surface area contributed by atoms with Gasteiger partial charge in [0.25, 0.3) is 10.0 Å². The molecule has 0 unspecified atom stereocenters. The summed E-state index contributed by atoms with van der Waals surface area (Å²) >= 11 is 0. The Hall–Kier alpha value is -2.69. The standard InChI is InChI=1S/C20H24N4O4S2/c1-5-21-17-10-9-16(30(27,28)24(3)4)12-18(17)23-29(25,26)19-8-6-7-15-11-14(2)13-22-20(15)19/h6-13,21,23H,5H2,1-4H3. The summed E-state index contributed by atoms with van der Waals surface area (Å²) in [5.74, 6) is 0. The van der Waals surface area contributed by atoms with Crippen LogP contribution in [0.1, 0.15) is 12.5 Å². The van der Waals surface area contributed by atoms with Gasteiger partial charge in [0.2, 0.25) is 10.0 Å². The Morgan fingerprint density at radius 3 is 2.40 bits per heavy atom. The molecule has 0 saturated carbocycles. The van der Waals surface area contributed by atoms with Gasteiger partial charge in [-0.2, -0.15) is 0 Å². The number of aryl methyl sites for hydroxylation is 1. The van der Waals surface area contributed by atoms with E-state index in [2.05, 4.69) is 15.0 Å². The van der Waals surface area contributed by atoms with E-state index in [1.165, 1.54) is 32.3 Å². The van der Waals surface area contributed by atoms with Crippen LogP contribution in [0.3, 0.4) is 0 Å². The van der Waals surface area contributed by atoms with Crippen LogP contribution in [0, 0.1) is 6.92 Å². The molecule has 0 aliphatic heterocycles. The Bertz CT molecular complexity index is 1300. The van der Waals surface area contributed by atoms with Crippen molar-refractivity contribution in [2.75, 3.05) is 30.7 Å². The summed E-state index contributed by atoms with van der Waals surface area (Å²) in [4.78, 5) is 4.29. The lowest BCUT2D eigenvalue weighted by atomic mass is 10.2. The minimum atomic E-state index is -4.04. The Morgan fingerprint density at radius 2 is 1.73 bits per heavy atom. The van der Waals surface area contributed by atoms with E-state index < -0.39 is 20.0 Å². The normalized spacial score (nSPS) is 12.3. The van der Waals surface area contributed by atoms with Gasteiger partial charge in [-0.3, -0.25) is 9.71 Å². The second-order valence-electron chi connectivity index (χ2n) is 6.97. The highest BCUT2D eigenvalue weighted by molar-refractivity contribution is 7.93. The molecule has 0 bridgehead atoms. The molecule has 1 heterocycles. The minimum Gasteiger partial charge on any atom is -0.384 e. The summed E-state index contributed by atoms with van der Waals surface area (Å²) in [6.45, 7) is 4.27. The largest absolute Gasteiger partial charge is 0.384 e. The van der Waals surface area contributed by atoms with Crippen LogP contribution in [0.15, 0.2) is 58.5 Å². The van der Waals surface area contributed by atoms with Crippen LogP contribution in [-0.4, -0.2) is 46.8 Å². The molecular weight excluding hydrogens is 424 g/mol. The summed E-state index contributed by atoms with van der Waals surface area (Å²) in [6.07, 6.45) is 1.61. The molecule has 0 aliphatic carbocycles. The molecule has 0 aliphatic rings. The first kappa shape index (κ1) is 22.0. The fourth-order valence-electron chi connectivity index (χ4n) is 2.98. The van der Waals surface area contributed by atoms with Crippen LogP contribution >= 0.6 is 0 Å². The van der Waals surface area contributed by atoms with E-state index in [1.54, 1.807) is 24.4 Å². The molecule has 0 radical (unpaired) electrons. The van der Waals surface area contributed by atoms with E-state index >= 15 is 0 Å². The number of para-hydroxylation sites is 1. The van der Waals surface area contributed by atoms with Gasteiger partial charge in [0.1, 0.15) is 4.90 Å². The van der Waals surface area contributed by atoms with Gasteiger partial charge in [-0.05, 0) is 49.7 Å². The van der Waals surface area contributed by atoms with E-state index in [1.807, 2.05) is 19.9 Å². The Labute approximate surface area is 177 Å². The van der Waals surface area contributed by atoms with E-state index in [4.69, 9.17) is 0 Å². The third-order valence-corrected chi connectivity index (χ3v) is 7.69. The van der Waals surface area contributed by atoms with Crippen molar-refractivity contribution in [3.8, 4) is 0 Å². The molecule has 2 aromatic carbocycles. The first-order chi connectivity index (χ1) is 14.1. The first-order valence-electron chi connectivity index (χ1n) is 9.25. The second kappa shape index (κ2) is 8.21. The molecular formula is C20H24N4O4S2. The number of aromatic nitrogens is 1. The molecule has 3 rings (SSSR count). The Kier molecular flexibility index (Phi) is 6.02. The monoisotopic (exact) mass is 448 g/mol. The van der Waals surface area contributed by atoms with Gasteiger partial charge in [0, 0.05) is 32.2 Å². The fourth-order valence-corrected chi connectivity index (χ4v) is 5.16. The van der Waals surface area contributed by atoms with Crippen LogP contribution < -0.4 is 10.0 Å². The highest BCUT2D eigenvalue weighted by Gasteiger charge is 2.23. The van der Waals surface area contributed by atoms with Crippen molar-refractivity contribution in [2.24, 2.45) is 0 Å². The van der Waals surface area contributed by atoms with E-state index in [9.17, 15) is 16.8 Å². The lowest BCUT2D eigenvalue weighted by Crippen LogP contribution is -2.23. The van der Waals surface area contributed by atoms with E-state index in [0.29, 0.717) is 23.1 Å². The average molecular weight is 449 g/mol. The molecule has 0 atom stereocenters. The number of hydrogen-bond acceptors (Lipinski definition) is 6. The third-order valence-electron chi connectivity index (χ3n) is 4.48. The number of nitrogens with one attached hydrogen (secondary N) is 2. The zero-order valence-electron chi connectivity index (χ0n) is 17.2. The Morgan fingerprint density at radius 1 is 1.00 bits per heavy atom. The molecule has 1 aromatic heterocycles. The lowest BCUT2D eigenvalue weighted by molar-refractivity contribution is 0.521. The van der Waals surface area contributed by atoms with E-state index in [0.717, 1.165) is 9.87 Å². The topological polar surface area (TPSA) is 108 Å². The zero-order chi connectivity index (χ0) is 22.1. The number of benzene rings is 2. The van der Waals surface area contributed by atoms with Crippen molar-refractivity contribution in [2.45, 2.75) is 23.6 Å². The molecule has 2 N–H and O–H groups in total. The van der Waals surface area contributed by atoms with Gasteiger partial charge in [-0.25, -0.2) is 21.1 Å². The fraction of sp³-hybridized carbons (Fsp3) is 0.250. The lowest BCUT2D eigenvalue weighted by Gasteiger charge is -2.17. The van der Waals surface area contributed by atoms with Gasteiger partial charge in [-0.15, -0.1) is 0 Å². The van der Waals surface area contributed by atoms with Crippen molar-refractivity contribution >= 4 is 42.3 Å². The number of sulfonamides is 2. The molecule has 10 heteroatoms. The van der Waals surface area contributed by atoms with Gasteiger partial charge in [-0.1, -0.05) is 12.1 Å². The molecule has 3 aromatic rings. The van der Waals surface area contributed by atoms with Crippen LogP contribution in [0.4, 0.5) is 11.4 Å². The van der Waals surface area contributed by atoms with Gasteiger partial charge < -0.3 is 5.32 Å². The molecule has 0 spiro atoms. The molecule has 0 saturated heterocycles. The van der Waals surface area contributed by atoms with Gasteiger partial charge >= 0.3 is 0 Å². The van der Waals surface area contributed by atoms with Crippen molar-refractivity contribution in [1.82, 2.24) is 9.29 Å². The van der Waals surface area contributed by atoms with Crippen LogP contribution in [0.25, 0.3) is 10.9 Å². The highest BCUT2D eigenvalue weighted by Crippen LogP contribution is 2.30. The van der Waals surface area contributed by atoms with Crippen molar-refractivity contribution in [3.05, 3.63) is 54.2 Å². The highest BCUT2D eigenvalue weighted by atomic mass is 32.2. The minimum absolute atomic E-state index is 0.0153. The quantitative estimate of drug-likeness (QED) is 0.575. The summed E-state index contributed by atoms with van der Waals surface area (Å²) in [5, 5.41) is 3.75. The maximum Gasteiger partial charge on any atom is 0.264 e. The number of pyridine rings is 1. The number of rotatable bonds is 7. The predicted molar refractivity (Wildman–Crippen MR) is 119 cm³/mol. The Balaban J connectivity index is 2.12. The van der Waals surface area contributed by atoms with E-state index in [-0.39, 0.29) is 15.5 Å². The van der Waals surface area contributed by atoms with Crippen LogP contribution in [0.2, 0.25) is 0 Å². The summed E-state index contributed by atoms with van der Waals surface area (Å²) < 4.78 is 55.1. The number of hydrogen-bond donors (Lipinski definition) is 2. The first-order valence-corrected chi connectivity index (χ1v) is 12.2. The third kappa shape index (κ3) is 4.25. The molecule has 0 amide bonds. The summed E-state index contributed by atoms with van der Waals surface area (Å²) in [6, 6.07) is 11.1. The van der Waals surface area contributed by atoms with Crippen molar-refractivity contribution < 1.29 is 16.8 Å². The molecule has 30 heavy (non-hydrogen) atoms. The number of anilines is 2. The molecule has 0 fully saturated rings. The van der Waals surface area contributed by atoms with Crippen molar-refractivity contribution in [1.29, 1.82) is 0 Å². The second-order valence-corrected chi connectivity index (χ2v) is 10.8. The molecule has 8 nitrogen and oxygen atoms in total. The average Bonchev–Trinajstić information content (AvgIpc) is 2.68. The SMILES string of the molecule is CCNc1ccc(S(=O)(=O)N(C)C)cc1NS(=O)(=O)c1cccc2cc(C)cnc12. The van der Waals surface area contributed by atoms with Gasteiger partial charge in [0.05, 0.1) is 21.8 Å². The number of fused-ring (bicyclic) bond motifs is 1. The summed E-state index contributed by atoms with van der Waals surface area (Å²) in [5.41, 5.74) is 1.88. The maximum absolute atomic E-state index is 13.2. The zero-order valence-corrected chi connectivity index (χ0v) is 18.8. The summed E-state index contributed by atoms with van der Waals surface area (Å²) in [7, 11) is -4.93. The smallest absolute Gasteiger partial charge is 0.264 e. The van der Waals surface area contributed by atoms with Crippen LogP contribution in [-0.2, 0) is 20.0 Å². The van der Waals surface area contributed by atoms with Crippen LogP contribution in [0.5, 0.6) is 0 Å². The van der Waals surface area contributed by atoms with Gasteiger partial charge in [0.15, 0.2) is 0 Å². The molecule has 160 valence electrons.